The van der Waals surface area contributed by atoms with Crippen LogP contribution in [0.1, 0.15) is 5.69 Å². The Labute approximate surface area is 71.3 Å². The van der Waals surface area contributed by atoms with Crippen molar-refractivity contribution in [1.82, 2.24) is 4.57 Å². The Bertz CT molecular complexity index is 299. The van der Waals surface area contributed by atoms with Gasteiger partial charge in [-0.25, -0.2) is 4.79 Å². The molecule has 12 heavy (non-hydrogen) atoms. The van der Waals surface area contributed by atoms with E-state index in [2.05, 4.69) is 4.74 Å². The lowest BCUT2D eigenvalue weighted by molar-refractivity contribution is -0.134. The third kappa shape index (κ3) is 1.99. The van der Waals surface area contributed by atoms with E-state index in [1.165, 1.54) is 13.2 Å². The van der Waals surface area contributed by atoms with E-state index in [0.717, 1.165) is 5.69 Å². The first kappa shape index (κ1) is 8.59. The summed E-state index contributed by atoms with van der Waals surface area (Å²) in [5, 5.41) is 0. The van der Waals surface area contributed by atoms with Crippen LogP contribution in [0.3, 0.4) is 0 Å². The topological polar surface area (TPSA) is 31.2 Å². The number of hydrogen-bond donors (Lipinski definition) is 0. The standard InChI is InChI=1S/C9H11NO2/c1-10-7-3-4-8(10)5-6-9(11)12-2/h3-7H,1-2H3. The first-order valence-corrected chi connectivity index (χ1v) is 3.61. The van der Waals surface area contributed by atoms with E-state index in [9.17, 15) is 4.79 Å². The summed E-state index contributed by atoms with van der Waals surface area (Å²) in [6.07, 6.45) is 5.03. The maximum atomic E-state index is 10.7. The lowest BCUT2D eigenvalue weighted by Gasteiger charge is -1.94. The minimum Gasteiger partial charge on any atom is -0.466 e. The Morgan fingerprint density at radius 2 is 2.42 bits per heavy atom. The van der Waals surface area contributed by atoms with E-state index in [-0.39, 0.29) is 5.97 Å². The van der Waals surface area contributed by atoms with Gasteiger partial charge in [-0.15, -0.1) is 0 Å². The lowest BCUT2D eigenvalue weighted by atomic mass is 10.4. The fourth-order valence-corrected chi connectivity index (χ4v) is 0.869. The van der Waals surface area contributed by atoms with Crippen LogP contribution in [0.15, 0.2) is 24.4 Å². The Morgan fingerprint density at radius 1 is 1.67 bits per heavy atom. The molecule has 0 aliphatic rings. The molecule has 0 atom stereocenters. The van der Waals surface area contributed by atoms with Gasteiger partial charge in [0.05, 0.1) is 7.11 Å². The van der Waals surface area contributed by atoms with Crippen LogP contribution in [0.5, 0.6) is 0 Å². The van der Waals surface area contributed by atoms with Crippen molar-refractivity contribution in [1.29, 1.82) is 0 Å². The predicted octanol–water partition coefficient (Wildman–Crippen LogP) is 1.21. The van der Waals surface area contributed by atoms with Crippen LogP contribution in [0.4, 0.5) is 0 Å². The van der Waals surface area contributed by atoms with Crippen LogP contribution < -0.4 is 0 Å². The number of rotatable bonds is 2. The first-order valence-electron chi connectivity index (χ1n) is 3.61. The van der Waals surface area contributed by atoms with Crippen LogP contribution in [0.2, 0.25) is 0 Å². The molecule has 3 heteroatoms. The van der Waals surface area contributed by atoms with Gasteiger partial charge >= 0.3 is 5.97 Å². The van der Waals surface area contributed by atoms with E-state index in [4.69, 9.17) is 0 Å². The van der Waals surface area contributed by atoms with Gasteiger partial charge in [-0.1, -0.05) is 0 Å². The second-order valence-electron chi connectivity index (χ2n) is 2.40. The highest BCUT2D eigenvalue weighted by atomic mass is 16.5. The number of aryl methyl sites for hydroxylation is 1. The van der Waals surface area contributed by atoms with Gasteiger partial charge in [0.2, 0.25) is 0 Å². The molecule has 0 radical (unpaired) electrons. The third-order valence-electron chi connectivity index (χ3n) is 1.58. The van der Waals surface area contributed by atoms with Gasteiger partial charge < -0.3 is 9.30 Å². The maximum Gasteiger partial charge on any atom is 0.330 e. The van der Waals surface area contributed by atoms with Crippen LogP contribution >= 0.6 is 0 Å². The van der Waals surface area contributed by atoms with Crippen molar-refractivity contribution in [2.24, 2.45) is 7.05 Å². The zero-order valence-corrected chi connectivity index (χ0v) is 7.15. The van der Waals surface area contributed by atoms with Crippen LogP contribution in [-0.2, 0) is 16.6 Å². The van der Waals surface area contributed by atoms with Crippen LogP contribution in [-0.4, -0.2) is 17.6 Å². The maximum absolute atomic E-state index is 10.7. The molecule has 0 aliphatic heterocycles. The monoisotopic (exact) mass is 165 g/mol. The Kier molecular flexibility index (Phi) is 2.69. The molecule has 0 unspecified atom stereocenters. The molecule has 0 aliphatic carbocycles. The molecule has 1 aromatic heterocycles. The highest BCUT2D eigenvalue weighted by Crippen LogP contribution is 2.01. The van der Waals surface area contributed by atoms with E-state index >= 15 is 0 Å². The second kappa shape index (κ2) is 3.76. The van der Waals surface area contributed by atoms with E-state index < -0.39 is 0 Å². The average Bonchev–Trinajstić information content (AvgIpc) is 2.47. The number of nitrogens with zero attached hydrogens (tertiary/aromatic N) is 1. The molecule has 0 spiro atoms. The van der Waals surface area contributed by atoms with Gasteiger partial charge in [-0.2, -0.15) is 0 Å². The van der Waals surface area contributed by atoms with Gasteiger partial charge in [0.25, 0.3) is 0 Å². The van der Waals surface area contributed by atoms with Gasteiger partial charge in [0, 0.05) is 25.0 Å². The largest absolute Gasteiger partial charge is 0.466 e. The third-order valence-corrected chi connectivity index (χ3v) is 1.58. The van der Waals surface area contributed by atoms with Crippen molar-refractivity contribution in [3.63, 3.8) is 0 Å². The summed E-state index contributed by atoms with van der Waals surface area (Å²) in [4.78, 5) is 10.7. The molecule has 64 valence electrons. The first-order chi connectivity index (χ1) is 5.74. The van der Waals surface area contributed by atoms with E-state index in [1.807, 2.05) is 29.9 Å². The molecule has 0 saturated heterocycles. The normalized spacial score (nSPS) is 10.5. The number of hydrogen-bond acceptors (Lipinski definition) is 2. The number of ether oxygens (including phenoxy) is 1. The number of carbonyl (C=O) groups is 1. The van der Waals surface area contributed by atoms with Gasteiger partial charge in [-0.05, 0) is 18.2 Å². The summed E-state index contributed by atoms with van der Waals surface area (Å²) in [7, 11) is 3.27. The van der Waals surface area contributed by atoms with Gasteiger partial charge in [0.15, 0.2) is 0 Å². The predicted molar refractivity (Wildman–Crippen MR) is 46.5 cm³/mol. The SMILES string of the molecule is COC(=O)C=Cc1cccn1C. The summed E-state index contributed by atoms with van der Waals surface area (Å²) in [6, 6.07) is 3.83. The highest BCUT2D eigenvalue weighted by molar-refractivity contribution is 5.86. The fraction of sp³-hybridized carbons (Fsp3) is 0.222. The van der Waals surface area contributed by atoms with Gasteiger partial charge in [-0.3, -0.25) is 0 Å². The van der Waals surface area contributed by atoms with Crippen molar-refractivity contribution >= 4 is 12.0 Å². The molecular weight excluding hydrogens is 154 g/mol. The van der Waals surface area contributed by atoms with E-state index in [1.54, 1.807) is 6.08 Å². The van der Waals surface area contributed by atoms with Crippen molar-refractivity contribution < 1.29 is 9.53 Å². The second-order valence-corrected chi connectivity index (χ2v) is 2.40. The molecule has 0 bridgehead atoms. The van der Waals surface area contributed by atoms with Crippen molar-refractivity contribution in [3.8, 4) is 0 Å². The molecule has 0 N–H and O–H groups in total. The molecule has 3 nitrogen and oxygen atoms in total. The summed E-state index contributed by atoms with van der Waals surface area (Å²) in [6.45, 7) is 0. The summed E-state index contributed by atoms with van der Waals surface area (Å²) in [5.74, 6) is -0.337. The molecule has 1 rings (SSSR count). The number of carbonyl (C=O) groups excluding carboxylic acids is 1. The smallest absolute Gasteiger partial charge is 0.330 e. The van der Waals surface area contributed by atoms with Crippen LogP contribution in [0.25, 0.3) is 6.08 Å². The molecular formula is C9H11NO2. The molecule has 0 saturated carbocycles. The molecule has 0 amide bonds. The summed E-state index contributed by atoms with van der Waals surface area (Å²) < 4.78 is 6.37. The quantitative estimate of drug-likeness (QED) is 0.487. The molecule has 0 fully saturated rings. The minimum atomic E-state index is -0.337. The van der Waals surface area contributed by atoms with E-state index in [0.29, 0.717) is 0 Å². The zero-order chi connectivity index (χ0) is 8.97. The number of esters is 1. The van der Waals surface area contributed by atoms with Crippen molar-refractivity contribution in [2.75, 3.05) is 7.11 Å². The lowest BCUT2D eigenvalue weighted by Crippen LogP contribution is -1.94. The highest BCUT2D eigenvalue weighted by Gasteiger charge is 1.93. The number of methoxy groups -OCH3 is 1. The molecule has 0 aromatic carbocycles. The van der Waals surface area contributed by atoms with Gasteiger partial charge in [0.1, 0.15) is 0 Å². The zero-order valence-electron chi connectivity index (χ0n) is 7.15. The minimum absolute atomic E-state index is 0.337. The summed E-state index contributed by atoms with van der Waals surface area (Å²) in [5.41, 5.74) is 0.973. The summed E-state index contributed by atoms with van der Waals surface area (Å²) >= 11 is 0. The van der Waals surface area contributed by atoms with Crippen molar-refractivity contribution in [2.45, 2.75) is 0 Å². The fourth-order valence-electron chi connectivity index (χ4n) is 0.869. The Balaban J connectivity index is 2.69. The average molecular weight is 165 g/mol. The van der Waals surface area contributed by atoms with Crippen molar-refractivity contribution in [3.05, 3.63) is 30.1 Å². The van der Waals surface area contributed by atoms with Crippen LogP contribution in [0, 0.1) is 0 Å². The number of aromatic nitrogens is 1. The Morgan fingerprint density at radius 3 is 2.92 bits per heavy atom. The molecule has 1 heterocycles. The Hall–Kier alpha value is -1.51. The molecule has 1 aromatic rings.